The van der Waals surface area contributed by atoms with Gasteiger partial charge in [0.2, 0.25) is 0 Å². The monoisotopic (exact) mass is 488 g/mol. The first-order valence-corrected chi connectivity index (χ1v) is 14.6. The molecule has 1 aromatic carbocycles. The number of piperidine rings is 4. The third kappa shape index (κ3) is 5.95. The van der Waals surface area contributed by atoms with Crippen molar-refractivity contribution in [3.8, 4) is 12.1 Å². The summed E-state index contributed by atoms with van der Waals surface area (Å²) in [6.45, 7) is 9.77. The Bertz CT molecular complexity index is 837. The number of benzene rings is 1. The van der Waals surface area contributed by atoms with Gasteiger partial charge in [-0.05, 0) is 88.7 Å². The first kappa shape index (κ1) is 25.7. The Morgan fingerprint density at radius 3 is 1.33 bits per heavy atom. The van der Waals surface area contributed by atoms with Gasteiger partial charge in [-0.25, -0.2) is 0 Å². The van der Waals surface area contributed by atoms with E-state index < -0.39 is 5.92 Å². The Kier molecular flexibility index (Phi) is 8.93. The molecule has 0 aliphatic carbocycles. The molecule has 0 unspecified atom stereocenters. The highest BCUT2D eigenvalue weighted by Gasteiger charge is 2.35. The highest BCUT2D eigenvalue weighted by atomic mass is 15.4. The summed E-state index contributed by atoms with van der Waals surface area (Å²) in [5, 5.41) is 18.7. The van der Waals surface area contributed by atoms with E-state index in [9.17, 15) is 10.5 Å². The Morgan fingerprint density at radius 1 is 0.556 bits per heavy atom. The van der Waals surface area contributed by atoms with Crippen LogP contribution >= 0.6 is 0 Å². The molecule has 6 heteroatoms. The van der Waals surface area contributed by atoms with Gasteiger partial charge in [0.25, 0.3) is 0 Å². The molecule has 36 heavy (non-hydrogen) atoms. The molecule has 0 amide bonds. The molecule has 1 aromatic rings. The molecule has 4 aliphatic heterocycles. The molecule has 0 atom stereocenters. The lowest BCUT2D eigenvalue weighted by Gasteiger charge is -2.48. The van der Waals surface area contributed by atoms with Gasteiger partial charge in [0.05, 0.1) is 18.3 Å². The molecule has 0 radical (unpaired) electrons. The second-order valence-corrected chi connectivity index (χ2v) is 11.5. The SMILES string of the molecule is N#CC(C#N)c1ccc(C(N2CCC(N3CCCCC3)CC2)N2CCC(N3CCCCC3)CC2)cc1. The van der Waals surface area contributed by atoms with Crippen LogP contribution in [0.4, 0.5) is 0 Å². The summed E-state index contributed by atoms with van der Waals surface area (Å²) in [6, 6.07) is 14.2. The number of hydrogen-bond acceptors (Lipinski definition) is 6. The largest absolute Gasteiger partial charge is 0.300 e. The molecular formula is C30H44N6. The summed E-state index contributed by atoms with van der Waals surface area (Å²) in [6.07, 6.45) is 13.6. The fourth-order valence-corrected chi connectivity index (χ4v) is 7.25. The maximum atomic E-state index is 9.33. The third-order valence-corrected chi connectivity index (χ3v) is 9.33. The fourth-order valence-electron chi connectivity index (χ4n) is 7.25. The molecule has 4 saturated heterocycles. The van der Waals surface area contributed by atoms with Crippen LogP contribution in [0.15, 0.2) is 24.3 Å². The van der Waals surface area contributed by atoms with Crippen LogP contribution < -0.4 is 0 Å². The summed E-state index contributed by atoms with van der Waals surface area (Å²) >= 11 is 0. The van der Waals surface area contributed by atoms with Crippen LogP contribution in [0, 0.1) is 22.7 Å². The van der Waals surface area contributed by atoms with E-state index in [-0.39, 0.29) is 0 Å². The Balaban J connectivity index is 1.28. The van der Waals surface area contributed by atoms with E-state index in [4.69, 9.17) is 0 Å². The normalized spacial score (nSPS) is 24.7. The van der Waals surface area contributed by atoms with Gasteiger partial charge in [-0.2, -0.15) is 10.5 Å². The Hall–Kier alpha value is -1.96. The van der Waals surface area contributed by atoms with E-state index in [1.165, 1.54) is 96.0 Å². The molecule has 194 valence electrons. The van der Waals surface area contributed by atoms with Crippen LogP contribution in [0.25, 0.3) is 0 Å². The van der Waals surface area contributed by atoms with Gasteiger partial charge in [-0.1, -0.05) is 37.1 Å². The fraction of sp³-hybridized carbons (Fsp3) is 0.733. The number of rotatable bonds is 6. The Labute approximate surface area is 218 Å². The van der Waals surface area contributed by atoms with Crippen LogP contribution in [-0.2, 0) is 0 Å². The lowest BCUT2D eigenvalue weighted by Crippen LogP contribution is -2.53. The predicted molar refractivity (Wildman–Crippen MR) is 143 cm³/mol. The van der Waals surface area contributed by atoms with E-state index >= 15 is 0 Å². The summed E-state index contributed by atoms with van der Waals surface area (Å²) in [4.78, 5) is 11.0. The zero-order chi connectivity index (χ0) is 24.7. The molecule has 0 aromatic heterocycles. The first-order chi connectivity index (χ1) is 17.8. The van der Waals surface area contributed by atoms with Crippen LogP contribution in [0.1, 0.15) is 87.4 Å². The summed E-state index contributed by atoms with van der Waals surface area (Å²) < 4.78 is 0. The maximum absolute atomic E-state index is 9.33. The van der Waals surface area contributed by atoms with Crippen molar-refractivity contribution in [3.63, 3.8) is 0 Å². The van der Waals surface area contributed by atoms with Crippen molar-refractivity contribution < 1.29 is 0 Å². The lowest BCUT2D eigenvalue weighted by atomic mass is 9.95. The second kappa shape index (κ2) is 12.5. The van der Waals surface area contributed by atoms with Crippen molar-refractivity contribution in [1.29, 1.82) is 10.5 Å². The van der Waals surface area contributed by atoms with Gasteiger partial charge < -0.3 is 9.80 Å². The van der Waals surface area contributed by atoms with Crippen molar-refractivity contribution in [2.24, 2.45) is 0 Å². The first-order valence-electron chi connectivity index (χ1n) is 14.6. The van der Waals surface area contributed by atoms with Crippen LogP contribution in [-0.4, -0.2) is 84.0 Å². The minimum Gasteiger partial charge on any atom is -0.300 e. The molecule has 0 spiro atoms. The quantitative estimate of drug-likeness (QED) is 0.578. The van der Waals surface area contributed by atoms with Crippen molar-refractivity contribution in [1.82, 2.24) is 19.6 Å². The number of nitriles is 2. The maximum Gasteiger partial charge on any atom is 0.158 e. The molecule has 4 aliphatic rings. The average molecular weight is 489 g/mol. The highest BCUT2D eigenvalue weighted by molar-refractivity contribution is 5.34. The van der Waals surface area contributed by atoms with Crippen LogP contribution in [0.2, 0.25) is 0 Å². The van der Waals surface area contributed by atoms with E-state index in [0.717, 1.165) is 43.8 Å². The van der Waals surface area contributed by atoms with Crippen molar-refractivity contribution >= 4 is 0 Å². The molecule has 6 nitrogen and oxygen atoms in total. The van der Waals surface area contributed by atoms with Gasteiger partial charge >= 0.3 is 0 Å². The minimum atomic E-state index is -0.682. The number of likely N-dealkylation sites (tertiary alicyclic amines) is 4. The predicted octanol–water partition coefficient (Wildman–Crippen LogP) is 4.72. The van der Waals surface area contributed by atoms with Gasteiger partial charge in [0.15, 0.2) is 5.92 Å². The summed E-state index contributed by atoms with van der Waals surface area (Å²) in [7, 11) is 0. The molecule has 0 N–H and O–H groups in total. The zero-order valence-electron chi connectivity index (χ0n) is 22.0. The number of nitrogens with zero attached hydrogens (tertiary/aromatic N) is 6. The smallest absolute Gasteiger partial charge is 0.158 e. The van der Waals surface area contributed by atoms with Gasteiger partial charge in [-0.15, -0.1) is 0 Å². The van der Waals surface area contributed by atoms with E-state index in [0.29, 0.717) is 6.17 Å². The van der Waals surface area contributed by atoms with Crippen LogP contribution in [0.3, 0.4) is 0 Å². The minimum absolute atomic E-state index is 0.297. The standard InChI is InChI=1S/C30H44N6/c31-23-27(24-32)25-7-9-26(10-8-25)30(35-19-11-28(12-20-35)33-15-3-1-4-16-33)36-21-13-29(14-22-36)34-17-5-2-6-18-34/h7-10,27-30H,1-6,11-22H2. The Morgan fingerprint density at radius 2 is 0.944 bits per heavy atom. The summed E-state index contributed by atoms with van der Waals surface area (Å²) in [5.41, 5.74) is 2.14. The van der Waals surface area contributed by atoms with Gasteiger partial charge in [-0.3, -0.25) is 9.80 Å². The zero-order valence-corrected chi connectivity index (χ0v) is 22.0. The van der Waals surface area contributed by atoms with Gasteiger partial charge in [0.1, 0.15) is 0 Å². The third-order valence-electron chi connectivity index (χ3n) is 9.33. The van der Waals surface area contributed by atoms with Crippen LogP contribution in [0.5, 0.6) is 0 Å². The second-order valence-electron chi connectivity index (χ2n) is 11.5. The highest BCUT2D eigenvalue weighted by Crippen LogP contribution is 2.34. The summed E-state index contributed by atoms with van der Waals surface area (Å²) in [5.74, 6) is -0.682. The molecular weight excluding hydrogens is 444 g/mol. The molecule has 4 fully saturated rings. The lowest BCUT2D eigenvalue weighted by molar-refractivity contribution is -0.0201. The molecule has 0 saturated carbocycles. The topological polar surface area (TPSA) is 60.5 Å². The molecule has 4 heterocycles. The van der Waals surface area contributed by atoms with Crippen molar-refractivity contribution in [2.45, 2.75) is 88.4 Å². The van der Waals surface area contributed by atoms with E-state index in [1.54, 1.807) is 0 Å². The van der Waals surface area contributed by atoms with Gasteiger partial charge in [0, 0.05) is 38.3 Å². The van der Waals surface area contributed by atoms with Crippen molar-refractivity contribution in [2.75, 3.05) is 52.4 Å². The average Bonchev–Trinajstić information content (AvgIpc) is 2.96. The van der Waals surface area contributed by atoms with E-state index in [2.05, 4.69) is 43.9 Å². The molecule has 5 rings (SSSR count). The van der Waals surface area contributed by atoms with E-state index in [1.807, 2.05) is 12.1 Å². The van der Waals surface area contributed by atoms with Crippen molar-refractivity contribution in [3.05, 3.63) is 35.4 Å². The molecule has 0 bridgehead atoms. The number of hydrogen-bond donors (Lipinski definition) is 0.